The summed E-state index contributed by atoms with van der Waals surface area (Å²) in [4.78, 5) is 95.2. The number of nitrogens with one attached hydrogen (secondary N) is 6. The number of hydrogen-bond donors (Lipinski definition) is 9. The Kier molecular flexibility index (Phi) is 25.9. The number of amides is 6. The van der Waals surface area contributed by atoms with E-state index in [1.54, 1.807) is 0 Å². The summed E-state index contributed by atoms with van der Waals surface area (Å²) < 4.78 is 5.72. The molecular formula is C43H78N6O11. The van der Waals surface area contributed by atoms with Crippen LogP contribution in [0.25, 0.3) is 0 Å². The molecule has 17 heteroatoms. The summed E-state index contributed by atoms with van der Waals surface area (Å²) >= 11 is 0. The van der Waals surface area contributed by atoms with Crippen molar-refractivity contribution in [3.63, 3.8) is 0 Å². The molecule has 0 radical (unpaired) electrons. The van der Waals surface area contributed by atoms with Gasteiger partial charge in [0.15, 0.2) is 0 Å². The molecule has 9 unspecified atom stereocenters. The van der Waals surface area contributed by atoms with Gasteiger partial charge in [-0.05, 0) is 57.3 Å². The van der Waals surface area contributed by atoms with Crippen LogP contribution in [0.15, 0.2) is 0 Å². The van der Waals surface area contributed by atoms with Crippen molar-refractivity contribution in [1.29, 1.82) is 0 Å². The van der Waals surface area contributed by atoms with Gasteiger partial charge in [0.25, 0.3) is 0 Å². The van der Waals surface area contributed by atoms with Crippen molar-refractivity contribution in [3.05, 3.63) is 0 Å². The third kappa shape index (κ3) is 21.1. The molecule has 0 aliphatic carbocycles. The van der Waals surface area contributed by atoms with E-state index in [0.717, 1.165) is 25.7 Å². The molecule has 17 nitrogen and oxygen atoms in total. The standard InChI is InChI=1S/C43H78N6O11/c1-10-11-12-13-14-15-16-17-18-19-30(52)23-35(53)44-31(20-25(2)3)39(55)49-37-29(9)60-43(59)33(22-27(6)7)46-38(54)32(21-26(4)5)45-41(57)36(28(8)51)48-40(56)34(24-50)47-42(37)58/h25-34,36-37,50-52H,10-24H2,1-9H3,(H,44,53)(H,45,57)(H,46,54)(H,47,58)(H,48,56)(H,49,55). The van der Waals surface area contributed by atoms with E-state index in [1.807, 2.05) is 41.5 Å². The highest BCUT2D eigenvalue weighted by molar-refractivity contribution is 5.97. The van der Waals surface area contributed by atoms with Gasteiger partial charge >= 0.3 is 5.97 Å². The maximum absolute atomic E-state index is 13.9. The molecule has 1 aliphatic heterocycles. The lowest BCUT2D eigenvalue weighted by atomic mass is 9.99. The van der Waals surface area contributed by atoms with Crippen LogP contribution >= 0.6 is 0 Å². The first-order valence-electron chi connectivity index (χ1n) is 22.2. The molecule has 0 bridgehead atoms. The Morgan fingerprint density at radius 2 is 1.20 bits per heavy atom. The second-order valence-corrected chi connectivity index (χ2v) is 17.7. The molecule has 346 valence electrons. The Hall–Kier alpha value is -3.83. The highest BCUT2D eigenvalue weighted by Gasteiger charge is 2.39. The molecule has 9 N–H and O–H groups in total. The molecule has 1 rings (SSSR count). The lowest BCUT2D eigenvalue weighted by molar-refractivity contribution is -0.156. The van der Waals surface area contributed by atoms with E-state index in [-0.39, 0.29) is 43.4 Å². The van der Waals surface area contributed by atoms with E-state index in [2.05, 4.69) is 38.8 Å². The number of esters is 1. The van der Waals surface area contributed by atoms with Crippen molar-refractivity contribution in [1.82, 2.24) is 31.9 Å². The van der Waals surface area contributed by atoms with Gasteiger partial charge in [-0.1, -0.05) is 106 Å². The topological polar surface area (TPSA) is 262 Å². The van der Waals surface area contributed by atoms with Crippen LogP contribution in [0.1, 0.15) is 152 Å². The lowest BCUT2D eigenvalue weighted by Gasteiger charge is -2.31. The van der Waals surface area contributed by atoms with E-state index in [9.17, 15) is 48.9 Å². The van der Waals surface area contributed by atoms with Crippen molar-refractivity contribution in [2.45, 2.75) is 207 Å². The molecule has 0 saturated carbocycles. The number of cyclic esters (lactones) is 1. The fourth-order valence-corrected chi connectivity index (χ4v) is 6.98. The average Bonchev–Trinajstić information content (AvgIpc) is 3.14. The monoisotopic (exact) mass is 855 g/mol. The van der Waals surface area contributed by atoms with Gasteiger partial charge in [0.1, 0.15) is 42.4 Å². The molecule has 1 fully saturated rings. The van der Waals surface area contributed by atoms with E-state index >= 15 is 0 Å². The van der Waals surface area contributed by atoms with Crippen LogP contribution in [0, 0.1) is 17.8 Å². The number of hydrogen-bond acceptors (Lipinski definition) is 11. The van der Waals surface area contributed by atoms with E-state index in [0.29, 0.717) is 6.42 Å². The van der Waals surface area contributed by atoms with Crippen molar-refractivity contribution in [2.24, 2.45) is 17.8 Å². The predicted molar refractivity (Wildman–Crippen MR) is 227 cm³/mol. The number of carbonyl (C=O) groups excluding carboxylic acids is 7. The average molecular weight is 855 g/mol. The minimum absolute atomic E-state index is 0.106. The fourth-order valence-electron chi connectivity index (χ4n) is 6.98. The number of ether oxygens (including phenoxy) is 1. The van der Waals surface area contributed by atoms with E-state index in [4.69, 9.17) is 4.74 Å². The van der Waals surface area contributed by atoms with Gasteiger partial charge in [-0.3, -0.25) is 28.8 Å². The molecule has 1 aliphatic rings. The summed E-state index contributed by atoms with van der Waals surface area (Å²) in [5, 5.41) is 46.4. The summed E-state index contributed by atoms with van der Waals surface area (Å²) in [5.41, 5.74) is 0. The highest BCUT2D eigenvalue weighted by Crippen LogP contribution is 2.16. The minimum atomic E-state index is -1.70. The van der Waals surface area contributed by atoms with E-state index in [1.165, 1.54) is 46.0 Å². The molecule has 0 aromatic heterocycles. The van der Waals surface area contributed by atoms with E-state index < -0.39 is 103 Å². The summed E-state index contributed by atoms with van der Waals surface area (Å²) in [6.07, 6.45) is 6.73. The van der Waals surface area contributed by atoms with Crippen molar-refractivity contribution >= 4 is 41.4 Å². The third-order valence-corrected chi connectivity index (χ3v) is 10.3. The smallest absolute Gasteiger partial charge is 0.328 e. The molecule has 9 atom stereocenters. The molecule has 0 spiro atoms. The third-order valence-electron chi connectivity index (χ3n) is 10.3. The molecule has 6 amide bonds. The molecule has 1 saturated heterocycles. The zero-order chi connectivity index (χ0) is 45.5. The second kappa shape index (κ2) is 28.7. The summed E-state index contributed by atoms with van der Waals surface area (Å²) in [5.74, 6) is -6.47. The lowest BCUT2D eigenvalue weighted by Crippen LogP contribution is -2.64. The number of aliphatic hydroxyl groups excluding tert-OH is 3. The first-order chi connectivity index (χ1) is 28.2. The summed E-state index contributed by atoms with van der Waals surface area (Å²) in [6, 6.07) is -8.63. The maximum atomic E-state index is 13.9. The molecular weight excluding hydrogens is 777 g/mol. The highest BCUT2D eigenvalue weighted by atomic mass is 16.5. The Labute approximate surface area is 357 Å². The number of unbranched alkanes of at least 4 members (excludes halogenated alkanes) is 8. The number of carbonyl (C=O) groups is 7. The van der Waals surface area contributed by atoms with Crippen molar-refractivity contribution in [3.8, 4) is 0 Å². The van der Waals surface area contributed by atoms with Gasteiger partial charge in [-0.15, -0.1) is 0 Å². The van der Waals surface area contributed by atoms with Crippen LogP contribution in [0.2, 0.25) is 0 Å². The number of rotatable bonds is 23. The molecule has 0 aromatic rings. The Morgan fingerprint density at radius 3 is 1.73 bits per heavy atom. The fraction of sp³-hybridized carbons (Fsp3) is 0.837. The second-order valence-electron chi connectivity index (χ2n) is 17.7. The maximum Gasteiger partial charge on any atom is 0.328 e. The van der Waals surface area contributed by atoms with Crippen LogP contribution < -0.4 is 31.9 Å². The quantitative estimate of drug-likeness (QED) is 0.0531. The Balaban J connectivity index is 3.38. The van der Waals surface area contributed by atoms with Gasteiger partial charge in [0.2, 0.25) is 35.4 Å². The van der Waals surface area contributed by atoms with Gasteiger partial charge in [-0.25, -0.2) is 4.79 Å². The normalized spacial score (nSPS) is 23.9. The van der Waals surface area contributed by atoms with Crippen LogP contribution in [0.5, 0.6) is 0 Å². The van der Waals surface area contributed by atoms with Crippen molar-refractivity contribution < 1.29 is 53.6 Å². The minimum Gasteiger partial charge on any atom is -0.458 e. The van der Waals surface area contributed by atoms with Crippen molar-refractivity contribution in [2.75, 3.05) is 6.61 Å². The predicted octanol–water partition coefficient (Wildman–Crippen LogP) is 2.02. The Morgan fingerprint density at radius 1 is 0.683 bits per heavy atom. The summed E-state index contributed by atoms with van der Waals surface area (Å²) in [6.45, 7) is 14.7. The Bertz CT molecular complexity index is 1360. The largest absolute Gasteiger partial charge is 0.458 e. The zero-order valence-electron chi connectivity index (χ0n) is 37.6. The van der Waals surface area contributed by atoms with Gasteiger partial charge in [0, 0.05) is 0 Å². The van der Waals surface area contributed by atoms with Crippen LogP contribution in [0.4, 0.5) is 0 Å². The first kappa shape index (κ1) is 54.2. The van der Waals surface area contributed by atoms with Gasteiger partial charge < -0.3 is 52.0 Å². The van der Waals surface area contributed by atoms with Crippen LogP contribution in [0.3, 0.4) is 0 Å². The summed E-state index contributed by atoms with van der Waals surface area (Å²) in [7, 11) is 0. The molecule has 60 heavy (non-hydrogen) atoms. The van der Waals surface area contributed by atoms with Gasteiger partial charge in [0.05, 0.1) is 25.2 Å². The zero-order valence-corrected chi connectivity index (χ0v) is 37.6. The SMILES string of the molecule is CCCCCCCCCCCC(O)CC(=O)NC(CC(C)C)C(=O)NC1C(=O)NC(CO)C(=O)NC(C(C)O)C(=O)NC(CC(C)C)C(=O)NC(CC(C)C)C(=O)OC1C. The van der Waals surface area contributed by atoms with Gasteiger partial charge in [-0.2, -0.15) is 0 Å². The van der Waals surface area contributed by atoms with Crippen LogP contribution in [-0.4, -0.2) is 118 Å². The molecule has 1 heterocycles. The first-order valence-corrected chi connectivity index (χ1v) is 22.2. The number of aliphatic hydroxyl groups is 3. The van der Waals surface area contributed by atoms with Crippen LogP contribution in [-0.2, 0) is 38.3 Å². The molecule has 0 aromatic carbocycles.